The number of hydrogen-bond acceptors (Lipinski definition) is 3. The monoisotopic (exact) mass is 341 g/mol. The van der Waals surface area contributed by atoms with Gasteiger partial charge in [0, 0.05) is 13.1 Å². The number of methoxy groups -OCH3 is 1. The van der Waals surface area contributed by atoms with Crippen molar-refractivity contribution in [1.82, 2.24) is 14.5 Å². The van der Waals surface area contributed by atoms with Gasteiger partial charge in [0.15, 0.2) is 4.77 Å². The third-order valence-corrected chi connectivity index (χ3v) is 4.53. The Labute approximate surface area is 147 Å². The van der Waals surface area contributed by atoms with Crippen molar-refractivity contribution in [3.05, 3.63) is 58.9 Å². The van der Waals surface area contributed by atoms with Crippen LogP contribution in [-0.2, 0) is 13.1 Å². The summed E-state index contributed by atoms with van der Waals surface area (Å²) in [5.74, 6) is 0.832. The van der Waals surface area contributed by atoms with E-state index < -0.39 is 0 Å². The average Bonchev–Trinajstić information content (AvgIpc) is 2.91. The Hall–Kier alpha value is -2.11. The normalized spacial score (nSPS) is 11.3. The lowest BCUT2D eigenvalue weighted by atomic mass is 10.2. The van der Waals surface area contributed by atoms with Gasteiger partial charge in [0.1, 0.15) is 11.3 Å². The third-order valence-electron chi connectivity index (χ3n) is 4.21. The summed E-state index contributed by atoms with van der Waals surface area (Å²) in [5.41, 5.74) is 3.42. The van der Waals surface area contributed by atoms with E-state index in [4.69, 9.17) is 17.0 Å². The first-order valence-corrected chi connectivity index (χ1v) is 8.58. The molecule has 4 nitrogen and oxygen atoms in total. The summed E-state index contributed by atoms with van der Waals surface area (Å²) in [6.07, 6.45) is 1.04. The summed E-state index contributed by atoms with van der Waals surface area (Å²) < 4.78 is 8.31. The van der Waals surface area contributed by atoms with E-state index in [2.05, 4.69) is 57.9 Å². The van der Waals surface area contributed by atoms with Crippen LogP contribution < -0.4 is 4.74 Å². The summed E-state index contributed by atoms with van der Waals surface area (Å²) >= 11 is 5.48. The molecular weight excluding hydrogens is 318 g/mol. The minimum atomic E-state index is 0.750. The standard InChI is InChI=1S/C19H23N3OS/c1-21(14-15-8-4-3-5-9-15)12-7-13-22-16-10-6-11-17(23-2)18(16)20-19(22)24/h3-6,8-11H,7,12-14H2,1-2H3,(H,20,24). The van der Waals surface area contributed by atoms with Crippen LogP contribution in [0.5, 0.6) is 5.75 Å². The first-order chi connectivity index (χ1) is 11.7. The molecular formula is C19H23N3OS. The van der Waals surface area contributed by atoms with Crippen LogP contribution in [0.2, 0.25) is 0 Å². The van der Waals surface area contributed by atoms with E-state index in [1.54, 1.807) is 7.11 Å². The molecule has 0 fully saturated rings. The second kappa shape index (κ2) is 7.64. The van der Waals surface area contributed by atoms with Crippen LogP contribution in [-0.4, -0.2) is 35.2 Å². The first kappa shape index (κ1) is 16.7. The average molecular weight is 341 g/mol. The first-order valence-electron chi connectivity index (χ1n) is 8.17. The molecule has 0 radical (unpaired) electrons. The molecule has 3 aromatic rings. The number of aryl methyl sites for hydroxylation is 1. The van der Waals surface area contributed by atoms with Crippen LogP contribution >= 0.6 is 12.2 Å². The van der Waals surface area contributed by atoms with Crippen LogP contribution in [0.4, 0.5) is 0 Å². The second-order valence-electron chi connectivity index (χ2n) is 6.01. The maximum atomic E-state index is 5.48. The maximum Gasteiger partial charge on any atom is 0.178 e. The summed E-state index contributed by atoms with van der Waals surface area (Å²) in [7, 11) is 3.84. The zero-order valence-corrected chi connectivity index (χ0v) is 15.0. The number of rotatable bonds is 7. The lowest BCUT2D eigenvalue weighted by Crippen LogP contribution is -2.20. The van der Waals surface area contributed by atoms with Crippen LogP contribution in [0, 0.1) is 4.77 Å². The van der Waals surface area contributed by atoms with Crippen molar-refractivity contribution in [3.8, 4) is 5.75 Å². The molecule has 126 valence electrons. The molecule has 2 aromatic carbocycles. The van der Waals surface area contributed by atoms with Gasteiger partial charge in [-0.15, -0.1) is 0 Å². The van der Waals surface area contributed by atoms with Gasteiger partial charge in [0.25, 0.3) is 0 Å². The molecule has 1 aromatic heterocycles. The van der Waals surface area contributed by atoms with Gasteiger partial charge in [0.05, 0.1) is 12.6 Å². The fourth-order valence-electron chi connectivity index (χ4n) is 3.02. The van der Waals surface area contributed by atoms with Gasteiger partial charge < -0.3 is 19.2 Å². The van der Waals surface area contributed by atoms with Crippen LogP contribution in [0.25, 0.3) is 11.0 Å². The second-order valence-corrected chi connectivity index (χ2v) is 6.40. The summed E-state index contributed by atoms with van der Waals surface area (Å²) in [4.78, 5) is 5.61. The van der Waals surface area contributed by atoms with Crippen LogP contribution in [0.1, 0.15) is 12.0 Å². The highest BCUT2D eigenvalue weighted by molar-refractivity contribution is 7.71. The number of H-pyrrole nitrogens is 1. The predicted molar refractivity (Wildman–Crippen MR) is 101 cm³/mol. The molecule has 0 aliphatic carbocycles. The topological polar surface area (TPSA) is 33.2 Å². The van der Waals surface area contributed by atoms with Crippen molar-refractivity contribution in [1.29, 1.82) is 0 Å². The van der Waals surface area contributed by atoms with Gasteiger partial charge in [-0.3, -0.25) is 0 Å². The van der Waals surface area contributed by atoms with E-state index in [0.29, 0.717) is 0 Å². The largest absolute Gasteiger partial charge is 0.494 e. The quantitative estimate of drug-likeness (QED) is 0.653. The number of para-hydroxylation sites is 1. The van der Waals surface area contributed by atoms with E-state index in [1.165, 1.54) is 5.56 Å². The van der Waals surface area contributed by atoms with E-state index >= 15 is 0 Å². The molecule has 0 aliphatic rings. The van der Waals surface area contributed by atoms with Gasteiger partial charge in [-0.1, -0.05) is 36.4 Å². The van der Waals surface area contributed by atoms with Crippen molar-refractivity contribution in [2.24, 2.45) is 0 Å². The fraction of sp³-hybridized carbons (Fsp3) is 0.316. The number of ether oxygens (including phenoxy) is 1. The minimum Gasteiger partial charge on any atom is -0.494 e. The lowest BCUT2D eigenvalue weighted by Gasteiger charge is -2.17. The highest BCUT2D eigenvalue weighted by Crippen LogP contribution is 2.24. The van der Waals surface area contributed by atoms with E-state index in [9.17, 15) is 0 Å². The number of benzene rings is 2. The molecule has 1 N–H and O–H groups in total. The van der Waals surface area contributed by atoms with Crippen molar-refractivity contribution in [3.63, 3.8) is 0 Å². The number of hydrogen-bond donors (Lipinski definition) is 1. The summed E-state index contributed by atoms with van der Waals surface area (Å²) in [6.45, 7) is 2.88. The SMILES string of the molecule is COc1cccc2c1[nH]c(=S)n2CCCN(C)Cc1ccccc1. The van der Waals surface area contributed by atoms with Crippen molar-refractivity contribution < 1.29 is 4.74 Å². The lowest BCUT2D eigenvalue weighted by molar-refractivity contribution is 0.314. The number of fused-ring (bicyclic) bond motifs is 1. The summed E-state index contributed by atoms with van der Waals surface area (Å²) in [6, 6.07) is 16.6. The molecule has 0 saturated heterocycles. The highest BCUT2D eigenvalue weighted by Gasteiger charge is 2.09. The van der Waals surface area contributed by atoms with Crippen molar-refractivity contribution >= 4 is 23.3 Å². The van der Waals surface area contributed by atoms with Gasteiger partial charge in [0.2, 0.25) is 0 Å². The molecule has 0 atom stereocenters. The Morgan fingerprint density at radius 2 is 1.92 bits per heavy atom. The smallest absolute Gasteiger partial charge is 0.178 e. The zero-order chi connectivity index (χ0) is 16.9. The Morgan fingerprint density at radius 3 is 2.67 bits per heavy atom. The van der Waals surface area contributed by atoms with Gasteiger partial charge in [-0.05, 0) is 49.9 Å². The molecule has 1 heterocycles. The minimum absolute atomic E-state index is 0.750. The zero-order valence-electron chi connectivity index (χ0n) is 14.2. The van der Waals surface area contributed by atoms with Gasteiger partial charge in [-0.2, -0.15) is 0 Å². The van der Waals surface area contributed by atoms with E-state index in [0.717, 1.165) is 47.6 Å². The number of nitrogens with zero attached hydrogens (tertiary/aromatic N) is 2. The van der Waals surface area contributed by atoms with Gasteiger partial charge in [-0.25, -0.2) is 0 Å². The molecule has 0 spiro atoms. The molecule has 0 aliphatic heterocycles. The molecule has 24 heavy (non-hydrogen) atoms. The van der Waals surface area contributed by atoms with Crippen molar-refractivity contribution in [2.45, 2.75) is 19.5 Å². The number of nitrogens with one attached hydrogen (secondary N) is 1. The predicted octanol–water partition coefficient (Wildman–Crippen LogP) is 4.23. The molecule has 3 rings (SSSR count). The number of imidazole rings is 1. The maximum absolute atomic E-state index is 5.48. The Balaban J connectivity index is 1.64. The molecule has 0 saturated carbocycles. The molecule has 0 amide bonds. The third kappa shape index (κ3) is 3.68. The number of aromatic amines is 1. The highest BCUT2D eigenvalue weighted by atomic mass is 32.1. The van der Waals surface area contributed by atoms with Crippen LogP contribution in [0.3, 0.4) is 0 Å². The molecule has 5 heteroatoms. The Morgan fingerprint density at radius 1 is 1.12 bits per heavy atom. The fourth-order valence-corrected chi connectivity index (χ4v) is 3.31. The molecule has 0 bridgehead atoms. The number of aromatic nitrogens is 2. The Bertz CT molecular complexity index is 854. The van der Waals surface area contributed by atoms with Gasteiger partial charge >= 0.3 is 0 Å². The summed E-state index contributed by atoms with van der Waals surface area (Å²) in [5, 5.41) is 0. The van der Waals surface area contributed by atoms with E-state index in [-0.39, 0.29) is 0 Å². The molecule has 0 unspecified atom stereocenters. The van der Waals surface area contributed by atoms with Crippen LogP contribution in [0.15, 0.2) is 48.5 Å². The van der Waals surface area contributed by atoms with E-state index in [1.807, 2.05) is 12.1 Å². The van der Waals surface area contributed by atoms with Crippen molar-refractivity contribution in [2.75, 3.05) is 20.7 Å². The Kier molecular flexibility index (Phi) is 5.33.